The van der Waals surface area contributed by atoms with Crippen molar-refractivity contribution in [3.05, 3.63) is 24.2 Å². The van der Waals surface area contributed by atoms with Crippen LogP contribution in [0.2, 0.25) is 0 Å². The van der Waals surface area contributed by atoms with E-state index in [9.17, 15) is 5.11 Å². The molecular weight excluding hydrogens is 200 g/mol. The first kappa shape index (κ1) is 11.7. The highest BCUT2D eigenvalue weighted by molar-refractivity contribution is 5.12. The summed E-state index contributed by atoms with van der Waals surface area (Å²) >= 11 is 0. The minimum atomic E-state index is -0.385. The normalized spacial score (nSPS) is 31.2. The van der Waals surface area contributed by atoms with Crippen LogP contribution in [0.3, 0.4) is 0 Å². The number of hydrogen-bond donors (Lipinski definition) is 1. The van der Waals surface area contributed by atoms with Gasteiger partial charge in [0.15, 0.2) is 0 Å². The molecule has 0 amide bonds. The van der Waals surface area contributed by atoms with E-state index in [1.165, 1.54) is 19.3 Å². The zero-order valence-corrected chi connectivity index (χ0v) is 10.4. The van der Waals surface area contributed by atoms with Crippen molar-refractivity contribution in [1.29, 1.82) is 0 Å². The van der Waals surface area contributed by atoms with Crippen molar-refractivity contribution in [2.75, 3.05) is 0 Å². The van der Waals surface area contributed by atoms with E-state index in [-0.39, 0.29) is 11.5 Å². The number of rotatable bonds is 2. The first-order chi connectivity index (χ1) is 7.52. The molecule has 2 heteroatoms. The van der Waals surface area contributed by atoms with E-state index < -0.39 is 0 Å². The molecule has 0 saturated heterocycles. The van der Waals surface area contributed by atoms with E-state index in [0.717, 1.165) is 5.56 Å². The maximum absolute atomic E-state index is 10.5. The molecule has 0 aliphatic heterocycles. The van der Waals surface area contributed by atoms with Crippen molar-refractivity contribution in [1.82, 2.24) is 0 Å². The summed E-state index contributed by atoms with van der Waals surface area (Å²) in [7, 11) is 0. The Labute approximate surface area is 97.7 Å². The fraction of sp³-hybridized carbons (Fsp3) is 0.714. The fourth-order valence-electron chi connectivity index (χ4n) is 3.39. The van der Waals surface area contributed by atoms with Gasteiger partial charge in [0.1, 0.15) is 0 Å². The molecule has 1 unspecified atom stereocenters. The lowest BCUT2D eigenvalue weighted by atomic mass is 9.61. The number of aliphatic hydroxyl groups excluding tert-OH is 1. The average Bonchev–Trinajstić information content (AvgIpc) is 2.68. The van der Waals surface area contributed by atoms with Crippen molar-refractivity contribution in [2.45, 2.75) is 46.1 Å². The van der Waals surface area contributed by atoms with E-state index >= 15 is 0 Å². The maximum atomic E-state index is 10.5. The first-order valence-electron chi connectivity index (χ1n) is 6.22. The highest BCUT2D eigenvalue weighted by Crippen LogP contribution is 2.49. The Balaban J connectivity index is 2.23. The van der Waals surface area contributed by atoms with Gasteiger partial charge in [-0.15, -0.1) is 0 Å². The molecule has 1 aliphatic carbocycles. The summed E-state index contributed by atoms with van der Waals surface area (Å²) in [6.07, 6.45) is 6.63. The molecule has 1 fully saturated rings. The SMILES string of the molecule is C[C@H]1CCCC(C)(C)[C@H]1C(O)c1ccoc1. The van der Waals surface area contributed by atoms with Gasteiger partial charge in [-0.1, -0.05) is 33.6 Å². The second kappa shape index (κ2) is 4.25. The minimum absolute atomic E-state index is 0.217. The third kappa shape index (κ3) is 2.03. The summed E-state index contributed by atoms with van der Waals surface area (Å²) < 4.78 is 5.07. The predicted octanol–water partition coefficient (Wildman–Crippen LogP) is 3.78. The van der Waals surface area contributed by atoms with Crippen molar-refractivity contribution < 1.29 is 9.52 Å². The average molecular weight is 222 g/mol. The predicted molar refractivity (Wildman–Crippen MR) is 64.0 cm³/mol. The van der Waals surface area contributed by atoms with Crippen LogP contribution in [0.1, 0.15) is 51.7 Å². The van der Waals surface area contributed by atoms with Crippen LogP contribution in [-0.2, 0) is 0 Å². The van der Waals surface area contributed by atoms with E-state index in [0.29, 0.717) is 11.8 Å². The van der Waals surface area contributed by atoms with Gasteiger partial charge in [-0.3, -0.25) is 0 Å². The summed E-state index contributed by atoms with van der Waals surface area (Å²) in [5.41, 5.74) is 1.14. The fourth-order valence-corrected chi connectivity index (χ4v) is 3.39. The third-order valence-corrected chi connectivity index (χ3v) is 4.22. The van der Waals surface area contributed by atoms with E-state index in [2.05, 4.69) is 20.8 Å². The van der Waals surface area contributed by atoms with Gasteiger partial charge in [0, 0.05) is 5.56 Å². The summed E-state index contributed by atoms with van der Waals surface area (Å²) in [6.45, 7) is 6.81. The van der Waals surface area contributed by atoms with Crippen LogP contribution in [-0.4, -0.2) is 5.11 Å². The Morgan fingerprint density at radius 3 is 2.81 bits per heavy atom. The molecule has 1 aromatic rings. The van der Waals surface area contributed by atoms with E-state index in [4.69, 9.17) is 4.42 Å². The van der Waals surface area contributed by atoms with Gasteiger partial charge in [0.2, 0.25) is 0 Å². The van der Waals surface area contributed by atoms with Crippen LogP contribution in [0.15, 0.2) is 23.0 Å². The van der Waals surface area contributed by atoms with Crippen molar-refractivity contribution >= 4 is 0 Å². The summed E-state index contributed by atoms with van der Waals surface area (Å²) in [6, 6.07) is 1.88. The monoisotopic (exact) mass is 222 g/mol. The van der Waals surface area contributed by atoms with Crippen LogP contribution < -0.4 is 0 Å². The Bertz CT molecular complexity index is 327. The molecule has 0 aromatic carbocycles. The number of hydrogen-bond acceptors (Lipinski definition) is 2. The zero-order chi connectivity index (χ0) is 11.8. The lowest BCUT2D eigenvalue weighted by Gasteiger charge is -2.45. The topological polar surface area (TPSA) is 33.4 Å². The molecule has 2 nitrogen and oxygen atoms in total. The molecule has 90 valence electrons. The summed E-state index contributed by atoms with van der Waals surface area (Å²) in [5.74, 6) is 0.910. The zero-order valence-electron chi connectivity index (χ0n) is 10.4. The van der Waals surface area contributed by atoms with Crippen molar-refractivity contribution in [3.63, 3.8) is 0 Å². The van der Waals surface area contributed by atoms with Gasteiger partial charge in [-0.05, 0) is 29.7 Å². The van der Waals surface area contributed by atoms with Crippen molar-refractivity contribution in [2.24, 2.45) is 17.3 Å². The van der Waals surface area contributed by atoms with Crippen LogP contribution in [0.25, 0.3) is 0 Å². The number of furan rings is 1. The summed E-state index contributed by atoms with van der Waals surface area (Å²) in [5, 5.41) is 10.5. The standard InChI is InChI=1S/C14H22O2/c1-10-5-4-7-14(2,3)12(10)13(15)11-6-8-16-9-11/h6,8-10,12-13,15H,4-5,7H2,1-3H3/t10-,12+,13?/m0/s1. The second-order valence-electron chi connectivity index (χ2n) is 5.89. The Morgan fingerprint density at radius 2 is 2.25 bits per heavy atom. The molecule has 2 rings (SSSR count). The molecule has 1 N–H and O–H groups in total. The smallest absolute Gasteiger partial charge is 0.0960 e. The summed E-state index contributed by atoms with van der Waals surface area (Å²) in [4.78, 5) is 0. The molecule has 0 spiro atoms. The van der Waals surface area contributed by atoms with Gasteiger partial charge in [-0.2, -0.15) is 0 Å². The Hall–Kier alpha value is -0.760. The Morgan fingerprint density at radius 1 is 1.50 bits per heavy atom. The highest BCUT2D eigenvalue weighted by Gasteiger charge is 2.41. The largest absolute Gasteiger partial charge is 0.472 e. The maximum Gasteiger partial charge on any atom is 0.0960 e. The van der Waals surface area contributed by atoms with Gasteiger partial charge in [0.25, 0.3) is 0 Å². The molecule has 3 atom stereocenters. The number of aliphatic hydroxyl groups is 1. The van der Waals surface area contributed by atoms with Gasteiger partial charge >= 0.3 is 0 Å². The van der Waals surface area contributed by atoms with E-state index in [1.807, 2.05) is 6.07 Å². The molecule has 0 radical (unpaired) electrons. The molecule has 1 aromatic heterocycles. The molecule has 0 bridgehead atoms. The lowest BCUT2D eigenvalue weighted by molar-refractivity contribution is -0.0295. The van der Waals surface area contributed by atoms with Crippen LogP contribution in [0.4, 0.5) is 0 Å². The van der Waals surface area contributed by atoms with Crippen LogP contribution >= 0.6 is 0 Å². The molecule has 1 aliphatic rings. The first-order valence-corrected chi connectivity index (χ1v) is 6.22. The van der Waals surface area contributed by atoms with Crippen LogP contribution in [0, 0.1) is 17.3 Å². The molecular formula is C14H22O2. The van der Waals surface area contributed by atoms with Gasteiger partial charge < -0.3 is 9.52 Å². The second-order valence-corrected chi connectivity index (χ2v) is 5.89. The minimum Gasteiger partial charge on any atom is -0.472 e. The van der Waals surface area contributed by atoms with E-state index in [1.54, 1.807) is 12.5 Å². The molecule has 1 saturated carbocycles. The molecule has 16 heavy (non-hydrogen) atoms. The highest BCUT2D eigenvalue weighted by atomic mass is 16.3. The lowest BCUT2D eigenvalue weighted by Crippen LogP contribution is -2.37. The van der Waals surface area contributed by atoms with Gasteiger partial charge in [-0.25, -0.2) is 0 Å². The quantitative estimate of drug-likeness (QED) is 0.826. The molecule has 1 heterocycles. The van der Waals surface area contributed by atoms with Crippen LogP contribution in [0.5, 0.6) is 0 Å². The van der Waals surface area contributed by atoms with Gasteiger partial charge in [0.05, 0.1) is 18.6 Å². The Kier molecular flexibility index (Phi) is 3.11. The third-order valence-electron chi connectivity index (χ3n) is 4.22. The van der Waals surface area contributed by atoms with Crippen molar-refractivity contribution in [3.8, 4) is 0 Å².